The van der Waals surface area contributed by atoms with Crippen molar-refractivity contribution in [1.29, 1.82) is 0 Å². The van der Waals surface area contributed by atoms with Crippen LogP contribution in [0.4, 0.5) is 0 Å². The van der Waals surface area contributed by atoms with E-state index in [1.165, 1.54) is 6.07 Å². The molecule has 0 bridgehead atoms. The van der Waals surface area contributed by atoms with Gasteiger partial charge in [0.25, 0.3) is 0 Å². The van der Waals surface area contributed by atoms with Crippen LogP contribution in [0.2, 0.25) is 0 Å². The molecule has 0 N–H and O–H groups in total. The van der Waals surface area contributed by atoms with Gasteiger partial charge in [-0.1, -0.05) is 0 Å². The molecule has 1 aromatic heterocycles. The summed E-state index contributed by atoms with van der Waals surface area (Å²) < 4.78 is 28.7. The van der Waals surface area contributed by atoms with E-state index in [2.05, 4.69) is 0 Å². The summed E-state index contributed by atoms with van der Waals surface area (Å²) in [5.74, 6) is 2.94. The summed E-state index contributed by atoms with van der Waals surface area (Å²) in [4.78, 5) is 13.0. The number of rotatable bonds is 2. The molecule has 0 fully saturated rings. The lowest BCUT2D eigenvalue weighted by molar-refractivity contribution is 0.0846. The Balaban J connectivity index is 1.75. The summed E-state index contributed by atoms with van der Waals surface area (Å²) in [6.45, 7) is 4.29. The third kappa shape index (κ3) is 2.59. The fourth-order valence-corrected chi connectivity index (χ4v) is 3.79. The zero-order chi connectivity index (χ0) is 19.5. The van der Waals surface area contributed by atoms with E-state index in [1.54, 1.807) is 13.2 Å². The van der Waals surface area contributed by atoms with Gasteiger partial charge in [0.1, 0.15) is 33.8 Å². The number of benzene rings is 2. The minimum atomic E-state index is -0.277. The molecule has 3 aromatic rings. The Morgan fingerprint density at radius 3 is 2.68 bits per heavy atom. The van der Waals surface area contributed by atoms with Crippen LogP contribution >= 0.6 is 0 Å². The summed E-state index contributed by atoms with van der Waals surface area (Å²) in [5.41, 5.74) is 1.73. The molecule has 0 spiro atoms. The van der Waals surface area contributed by atoms with Crippen molar-refractivity contribution in [3.8, 4) is 34.3 Å². The monoisotopic (exact) mass is 380 g/mol. The molecule has 6 nitrogen and oxygen atoms in total. The number of hydrogen-bond acceptors (Lipinski definition) is 6. The predicted octanol–water partition coefficient (Wildman–Crippen LogP) is 4.30. The highest BCUT2D eigenvalue weighted by atomic mass is 16.7. The van der Waals surface area contributed by atoms with Crippen molar-refractivity contribution in [2.75, 3.05) is 13.9 Å². The molecule has 0 saturated carbocycles. The second-order valence-electron chi connectivity index (χ2n) is 7.66. The molecule has 0 unspecified atom stereocenters. The van der Waals surface area contributed by atoms with E-state index in [4.69, 9.17) is 23.4 Å². The SMILES string of the molecule is COc1cc2c(c3oc(-c4ccc5c(c4)OCO5)cc(=O)c13)CCC(C)(C)O2. The van der Waals surface area contributed by atoms with E-state index in [0.717, 1.165) is 24.0 Å². The van der Waals surface area contributed by atoms with E-state index in [0.29, 0.717) is 39.7 Å². The Morgan fingerprint density at radius 2 is 1.86 bits per heavy atom. The molecule has 0 amide bonds. The summed E-state index contributed by atoms with van der Waals surface area (Å²) in [5, 5.41) is 0.439. The molecule has 2 aromatic carbocycles. The van der Waals surface area contributed by atoms with Crippen LogP contribution in [0.5, 0.6) is 23.0 Å². The first-order chi connectivity index (χ1) is 13.4. The summed E-state index contributed by atoms with van der Waals surface area (Å²) in [6, 6.07) is 8.76. The number of hydrogen-bond donors (Lipinski definition) is 0. The molecule has 3 heterocycles. The van der Waals surface area contributed by atoms with Gasteiger partial charge in [-0.15, -0.1) is 0 Å². The van der Waals surface area contributed by atoms with Gasteiger partial charge in [0.15, 0.2) is 16.9 Å². The van der Waals surface area contributed by atoms with Crippen LogP contribution in [-0.2, 0) is 6.42 Å². The maximum atomic E-state index is 13.0. The molecule has 0 radical (unpaired) electrons. The van der Waals surface area contributed by atoms with E-state index in [-0.39, 0.29) is 17.8 Å². The van der Waals surface area contributed by atoms with Gasteiger partial charge in [0, 0.05) is 23.3 Å². The lowest BCUT2D eigenvalue weighted by Crippen LogP contribution is -2.32. The van der Waals surface area contributed by atoms with E-state index >= 15 is 0 Å². The normalized spacial score (nSPS) is 16.5. The van der Waals surface area contributed by atoms with Gasteiger partial charge in [0.05, 0.1) is 7.11 Å². The number of ether oxygens (including phenoxy) is 4. The largest absolute Gasteiger partial charge is 0.496 e. The van der Waals surface area contributed by atoms with Gasteiger partial charge in [0.2, 0.25) is 6.79 Å². The average molecular weight is 380 g/mol. The van der Waals surface area contributed by atoms with Crippen molar-refractivity contribution >= 4 is 11.0 Å². The van der Waals surface area contributed by atoms with Crippen LogP contribution in [0.25, 0.3) is 22.3 Å². The van der Waals surface area contributed by atoms with Crippen molar-refractivity contribution < 1.29 is 23.4 Å². The van der Waals surface area contributed by atoms with E-state index in [9.17, 15) is 4.79 Å². The van der Waals surface area contributed by atoms with Crippen molar-refractivity contribution in [2.45, 2.75) is 32.3 Å². The molecule has 0 atom stereocenters. The Hall–Kier alpha value is -3.15. The van der Waals surface area contributed by atoms with Crippen molar-refractivity contribution in [3.63, 3.8) is 0 Å². The molecule has 0 saturated heterocycles. The summed E-state index contributed by atoms with van der Waals surface area (Å²) in [6.07, 6.45) is 1.59. The topological polar surface area (TPSA) is 67.1 Å². The molecule has 2 aliphatic heterocycles. The molecule has 2 aliphatic rings. The van der Waals surface area contributed by atoms with Crippen LogP contribution in [0.15, 0.2) is 39.5 Å². The standard InChI is InChI=1S/C22H20O6/c1-22(2)7-6-13-17(28-22)10-19(24-3)20-14(23)9-16(27-21(13)20)12-4-5-15-18(8-12)26-11-25-15/h4-5,8-10H,6-7,11H2,1-3H3. The molecule has 28 heavy (non-hydrogen) atoms. The van der Waals surface area contributed by atoms with Gasteiger partial charge in [-0.3, -0.25) is 4.79 Å². The van der Waals surface area contributed by atoms with E-state index < -0.39 is 0 Å². The minimum Gasteiger partial charge on any atom is -0.496 e. The maximum Gasteiger partial charge on any atom is 0.231 e. The lowest BCUT2D eigenvalue weighted by Gasteiger charge is -2.33. The van der Waals surface area contributed by atoms with Crippen molar-refractivity contribution in [1.82, 2.24) is 0 Å². The Bertz CT molecular complexity index is 1160. The summed E-state index contributed by atoms with van der Waals surface area (Å²) >= 11 is 0. The molecular formula is C22H20O6. The third-order valence-corrected chi connectivity index (χ3v) is 5.27. The molecule has 6 heteroatoms. The second kappa shape index (κ2) is 5.92. The first-order valence-electron chi connectivity index (χ1n) is 9.22. The van der Waals surface area contributed by atoms with Gasteiger partial charge >= 0.3 is 0 Å². The molecule has 0 aliphatic carbocycles. The van der Waals surface area contributed by atoms with Gasteiger partial charge in [-0.25, -0.2) is 0 Å². The minimum absolute atomic E-state index is 0.154. The number of fused-ring (bicyclic) bond motifs is 4. The third-order valence-electron chi connectivity index (χ3n) is 5.27. The maximum absolute atomic E-state index is 13.0. The average Bonchev–Trinajstić information content (AvgIpc) is 3.13. The zero-order valence-electron chi connectivity index (χ0n) is 16.0. The fourth-order valence-electron chi connectivity index (χ4n) is 3.79. The van der Waals surface area contributed by atoms with Crippen LogP contribution in [0, 0.1) is 0 Å². The molecular weight excluding hydrogens is 360 g/mol. The highest BCUT2D eigenvalue weighted by Crippen LogP contribution is 2.42. The van der Waals surface area contributed by atoms with Crippen molar-refractivity contribution in [3.05, 3.63) is 46.1 Å². The quantitative estimate of drug-likeness (QED) is 0.660. The van der Waals surface area contributed by atoms with Gasteiger partial charge < -0.3 is 23.4 Å². The number of methoxy groups -OCH3 is 1. The molecule has 144 valence electrons. The van der Waals surface area contributed by atoms with Crippen LogP contribution in [0.3, 0.4) is 0 Å². The first kappa shape index (κ1) is 17.0. The predicted molar refractivity (Wildman–Crippen MR) is 104 cm³/mol. The van der Waals surface area contributed by atoms with Crippen molar-refractivity contribution in [2.24, 2.45) is 0 Å². The van der Waals surface area contributed by atoms with Gasteiger partial charge in [-0.2, -0.15) is 0 Å². The first-order valence-corrected chi connectivity index (χ1v) is 9.22. The fraction of sp³-hybridized carbons (Fsp3) is 0.318. The van der Waals surface area contributed by atoms with Crippen LogP contribution in [-0.4, -0.2) is 19.5 Å². The number of aryl methyl sites for hydroxylation is 1. The Morgan fingerprint density at radius 1 is 1.04 bits per heavy atom. The highest BCUT2D eigenvalue weighted by molar-refractivity contribution is 5.90. The van der Waals surface area contributed by atoms with Crippen LogP contribution < -0.4 is 24.4 Å². The van der Waals surface area contributed by atoms with E-state index in [1.807, 2.05) is 32.0 Å². The smallest absolute Gasteiger partial charge is 0.231 e. The molecule has 5 rings (SSSR count). The second-order valence-corrected chi connectivity index (χ2v) is 7.66. The Kier molecular flexibility index (Phi) is 3.59. The van der Waals surface area contributed by atoms with Crippen LogP contribution in [0.1, 0.15) is 25.8 Å². The summed E-state index contributed by atoms with van der Waals surface area (Å²) in [7, 11) is 1.54. The lowest BCUT2D eigenvalue weighted by atomic mass is 9.92. The van der Waals surface area contributed by atoms with Gasteiger partial charge in [-0.05, 0) is 44.9 Å². The Labute approximate surface area is 161 Å². The highest BCUT2D eigenvalue weighted by Gasteiger charge is 2.30. The zero-order valence-corrected chi connectivity index (χ0v) is 16.0.